The molecule has 1 aliphatic rings. The van der Waals surface area contributed by atoms with Gasteiger partial charge < -0.3 is 14.7 Å². The Morgan fingerprint density at radius 2 is 2.00 bits per heavy atom. The Morgan fingerprint density at radius 3 is 2.69 bits per heavy atom. The number of carbonyl (C=O) groups excluding carboxylic acids is 1. The minimum atomic E-state index is -0.936. The molecular weight excluding hydrogens is 334 g/mol. The topological polar surface area (TPSA) is 84.7 Å². The Bertz CT molecular complexity index is 801. The van der Waals surface area contributed by atoms with E-state index in [1.807, 2.05) is 48.9 Å². The summed E-state index contributed by atoms with van der Waals surface area (Å²) in [5.41, 5.74) is 3.56. The van der Waals surface area contributed by atoms with E-state index < -0.39 is 11.9 Å². The number of ether oxygens (including phenoxy) is 1. The molecule has 26 heavy (non-hydrogen) atoms. The zero-order valence-corrected chi connectivity index (χ0v) is 15.0. The number of carboxylic acids is 1. The van der Waals surface area contributed by atoms with Gasteiger partial charge in [-0.1, -0.05) is 18.2 Å². The number of hydrogen-bond donors (Lipinski definition) is 1. The molecule has 1 amide bonds. The lowest BCUT2D eigenvalue weighted by atomic mass is 10.1. The second kappa shape index (κ2) is 7.70. The molecular formula is C19H23N3O4. The van der Waals surface area contributed by atoms with Crippen molar-refractivity contribution in [3.8, 4) is 5.69 Å². The Hall–Kier alpha value is -2.67. The van der Waals surface area contributed by atoms with E-state index in [4.69, 9.17) is 4.74 Å². The van der Waals surface area contributed by atoms with E-state index in [1.165, 1.54) is 0 Å². The molecule has 0 aliphatic carbocycles. The lowest BCUT2D eigenvalue weighted by Crippen LogP contribution is -2.39. The number of hydrogen-bond acceptors (Lipinski definition) is 4. The Morgan fingerprint density at radius 1 is 1.27 bits per heavy atom. The fourth-order valence-corrected chi connectivity index (χ4v) is 3.20. The summed E-state index contributed by atoms with van der Waals surface area (Å²) >= 11 is 0. The number of nitrogens with zero attached hydrogens (tertiary/aromatic N) is 3. The molecule has 0 bridgehead atoms. The lowest BCUT2D eigenvalue weighted by Gasteiger charge is -2.22. The maximum Gasteiger partial charge on any atom is 0.310 e. The first-order valence-corrected chi connectivity index (χ1v) is 8.66. The van der Waals surface area contributed by atoms with Gasteiger partial charge in [0.15, 0.2) is 0 Å². The molecule has 1 saturated heterocycles. The van der Waals surface area contributed by atoms with Gasteiger partial charge in [0.25, 0.3) is 0 Å². The van der Waals surface area contributed by atoms with Crippen LogP contribution in [0.15, 0.2) is 30.3 Å². The summed E-state index contributed by atoms with van der Waals surface area (Å²) in [6, 6.07) is 9.77. The van der Waals surface area contributed by atoms with Crippen LogP contribution in [-0.2, 0) is 20.7 Å². The summed E-state index contributed by atoms with van der Waals surface area (Å²) in [7, 11) is 0. The van der Waals surface area contributed by atoms with Gasteiger partial charge in [-0.25, -0.2) is 4.68 Å². The second-order valence-electron chi connectivity index (χ2n) is 6.52. The second-order valence-corrected chi connectivity index (χ2v) is 6.52. The van der Waals surface area contributed by atoms with E-state index in [2.05, 4.69) is 5.10 Å². The van der Waals surface area contributed by atoms with Gasteiger partial charge in [-0.15, -0.1) is 0 Å². The standard InChI is InChI=1S/C19H23N3O4/c1-13-17(14(2)22(20-13)16-6-4-3-5-7-16)10-18(23)21-8-9-26-12-15(11-21)19(24)25/h3-7,15H,8-12H2,1-2H3,(H,24,25). The highest BCUT2D eigenvalue weighted by molar-refractivity contribution is 5.80. The van der Waals surface area contributed by atoms with Crippen LogP contribution in [0.25, 0.3) is 5.69 Å². The van der Waals surface area contributed by atoms with E-state index in [0.29, 0.717) is 13.2 Å². The van der Waals surface area contributed by atoms with E-state index >= 15 is 0 Å². The summed E-state index contributed by atoms with van der Waals surface area (Å²) in [6.45, 7) is 4.92. The fraction of sp³-hybridized carbons (Fsp3) is 0.421. The summed E-state index contributed by atoms with van der Waals surface area (Å²) in [5.74, 6) is -1.72. The Balaban J connectivity index is 1.79. The quantitative estimate of drug-likeness (QED) is 0.898. The van der Waals surface area contributed by atoms with Crippen LogP contribution in [0.4, 0.5) is 0 Å². The number of rotatable bonds is 4. The molecule has 1 fully saturated rings. The van der Waals surface area contributed by atoms with Gasteiger partial charge in [-0.2, -0.15) is 5.10 Å². The van der Waals surface area contributed by atoms with Gasteiger partial charge >= 0.3 is 5.97 Å². The van der Waals surface area contributed by atoms with Gasteiger partial charge in [0.05, 0.1) is 36.9 Å². The molecule has 2 heterocycles. The number of aromatic nitrogens is 2. The van der Waals surface area contributed by atoms with Crippen LogP contribution in [0.2, 0.25) is 0 Å². The molecule has 7 nitrogen and oxygen atoms in total. The molecule has 138 valence electrons. The third-order valence-electron chi connectivity index (χ3n) is 4.74. The third kappa shape index (κ3) is 3.77. The highest BCUT2D eigenvalue weighted by atomic mass is 16.5. The van der Waals surface area contributed by atoms with Gasteiger partial charge in [0.2, 0.25) is 5.91 Å². The number of amides is 1. The van der Waals surface area contributed by atoms with Crippen LogP contribution in [0.5, 0.6) is 0 Å². The van der Waals surface area contributed by atoms with Gasteiger partial charge in [0.1, 0.15) is 0 Å². The minimum Gasteiger partial charge on any atom is -0.481 e. The van der Waals surface area contributed by atoms with Crippen molar-refractivity contribution < 1.29 is 19.4 Å². The van der Waals surface area contributed by atoms with Crippen molar-refractivity contribution in [2.24, 2.45) is 5.92 Å². The molecule has 2 aromatic rings. The molecule has 1 aromatic carbocycles. The van der Waals surface area contributed by atoms with Gasteiger partial charge in [-0.3, -0.25) is 9.59 Å². The summed E-state index contributed by atoms with van der Waals surface area (Å²) in [5, 5.41) is 13.8. The van der Waals surface area contributed by atoms with E-state index in [1.54, 1.807) is 4.90 Å². The van der Waals surface area contributed by atoms with Crippen LogP contribution in [-0.4, -0.2) is 58.0 Å². The summed E-state index contributed by atoms with van der Waals surface area (Å²) in [4.78, 5) is 25.6. The highest BCUT2D eigenvalue weighted by Crippen LogP contribution is 2.19. The maximum absolute atomic E-state index is 12.8. The van der Waals surface area contributed by atoms with Crippen molar-refractivity contribution in [2.45, 2.75) is 20.3 Å². The summed E-state index contributed by atoms with van der Waals surface area (Å²) < 4.78 is 7.15. The first-order valence-electron chi connectivity index (χ1n) is 8.66. The minimum absolute atomic E-state index is 0.0967. The SMILES string of the molecule is Cc1nn(-c2ccccc2)c(C)c1CC(=O)N1CCOCC(C(=O)O)C1. The normalized spacial score (nSPS) is 17.8. The van der Waals surface area contributed by atoms with Crippen molar-refractivity contribution in [3.05, 3.63) is 47.3 Å². The molecule has 0 spiro atoms. The predicted molar refractivity (Wildman–Crippen MR) is 95.3 cm³/mol. The largest absolute Gasteiger partial charge is 0.481 e. The van der Waals surface area contributed by atoms with E-state index in [0.717, 1.165) is 22.6 Å². The number of benzene rings is 1. The van der Waals surface area contributed by atoms with Crippen LogP contribution in [0.3, 0.4) is 0 Å². The average Bonchev–Trinajstić information content (AvgIpc) is 2.83. The predicted octanol–water partition coefficient (Wildman–Crippen LogP) is 1.59. The first-order chi connectivity index (χ1) is 12.5. The monoisotopic (exact) mass is 357 g/mol. The van der Waals surface area contributed by atoms with Crippen molar-refractivity contribution in [3.63, 3.8) is 0 Å². The smallest absolute Gasteiger partial charge is 0.310 e. The number of carboxylic acid groups (broad SMARTS) is 1. The van der Waals surface area contributed by atoms with Crippen LogP contribution >= 0.6 is 0 Å². The molecule has 1 atom stereocenters. The maximum atomic E-state index is 12.8. The molecule has 1 unspecified atom stereocenters. The van der Waals surface area contributed by atoms with Crippen molar-refractivity contribution in [2.75, 3.05) is 26.3 Å². The number of aliphatic carboxylic acids is 1. The molecule has 3 rings (SSSR count). The Kier molecular flexibility index (Phi) is 5.37. The lowest BCUT2D eigenvalue weighted by molar-refractivity contribution is -0.144. The van der Waals surface area contributed by atoms with Crippen LogP contribution in [0.1, 0.15) is 17.0 Å². The fourth-order valence-electron chi connectivity index (χ4n) is 3.20. The molecule has 1 N–H and O–H groups in total. The molecule has 0 saturated carbocycles. The van der Waals surface area contributed by atoms with Crippen LogP contribution < -0.4 is 0 Å². The van der Waals surface area contributed by atoms with E-state index in [9.17, 15) is 14.7 Å². The average molecular weight is 357 g/mol. The van der Waals surface area contributed by atoms with Crippen molar-refractivity contribution in [1.82, 2.24) is 14.7 Å². The molecule has 1 aromatic heterocycles. The van der Waals surface area contributed by atoms with E-state index in [-0.39, 0.29) is 25.5 Å². The number of carbonyl (C=O) groups is 2. The number of para-hydroxylation sites is 1. The third-order valence-corrected chi connectivity index (χ3v) is 4.74. The Labute approximate surface area is 152 Å². The zero-order chi connectivity index (χ0) is 18.7. The molecule has 1 aliphatic heterocycles. The highest BCUT2D eigenvalue weighted by Gasteiger charge is 2.28. The van der Waals surface area contributed by atoms with Gasteiger partial charge in [0, 0.05) is 24.3 Å². The van der Waals surface area contributed by atoms with Gasteiger partial charge in [-0.05, 0) is 26.0 Å². The first kappa shape index (κ1) is 18.1. The van der Waals surface area contributed by atoms with Crippen molar-refractivity contribution in [1.29, 1.82) is 0 Å². The molecule has 7 heteroatoms. The summed E-state index contributed by atoms with van der Waals surface area (Å²) in [6.07, 6.45) is 0.205. The van der Waals surface area contributed by atoms with Crippen molar-refractivity contribution >= 4 is 11.9 Å². The zero-order valence-electron chi connectivity index (χ0n) is 15.0. The number of aryl methyl sites for hydroxylation is 1. The van der Waals surface area contributed by atoms with Crippen LogP contribution in [0, 0.1) is 19.8 Å². The molecule has 0 radical (unpaired) electrons.